The molecule has 0 saturated carbocycles. The smallest absolute Gasteiger partial charge is 0.123 e. The Morgan fingerprint density at radius 1 is 0.900 bits per heavy atom. The highest BCUT2D eigenvalue weighted by Crippen LogP contribution is 2.20. The van der Waals surface area contributed by atoms with E-state index >= 15 is 0 Å². The maximum Gasteiger partial charge on any atom is 0.123 e. The van der Waals surface area contributed by atoms with Gasteiger partial charge in [-0.3, -0.25) is 4.90 Å². The molecule has 0 N–H and O–H groups in total. The minimum absolute atomic E-state index is 0.848. The van der Waals surface area contributed by atoms with Crippen LogP contribution in [0.5, 0.6) is 11.5 Å². The SMILES string of the molecule is COc1cccc(CN(C)Cc2ccccc2OC)c1. The van der Waals surface area contributed by atoms with Crippen molar-refractivity contribution in [3.8, 4) is 11.5 Å². The highest BCUT2D eigenvalue weighted by molar-refractivity contribution is 5.33. The Morgan fingerprint density at radius 3 is 2.45 bits per heavy atom. The van der Waals surface area contributed by atoms with E-state index in [4.69, 9.17) is 9.47 Å². The van der Waals surface area contributed by atoms with Gasteiger partial charge in [-0.05, 0) is 30.8 Å². The first-order chi connectivity index (χ1) is 9.72. The van der Waals surface area contributed by atoms with E-state index in [1.165, 1.54) is 11.1 Å². The van der Waals surface area contributed by atoms with E-state index in [1.807, 2.05) is 30.3 Å². The molecule has 0 radical (unpaired) electrons. The van der Waals surface area contributed by atoms with E-state index in [9.17, 15) is 0 Å². The summed E-state index contributed by atoms with van der Waals surface area (Å²) in [6.07, 6.45) is 0. The number of rotatable bonds is 6. The maximum absolute atomic E-state index is 5.39. The lowest BCUT2D eigenvalue weighted by atomic mass is 10.1. The lowest BCUT2D eigenvalue weighted by molar-refractivity contribution is 0.309. The normalized spacial score (nSPS) is 10.6. The Labute approximate surface area is 120 Å². The van der Waals surface area contributed by atoms with E-state index in [1.54, 1.807) is 14.2 Å². The third kappa shape index (κ3) is 3.75. The van der Waals surface area contributed by atoms with Gasteiger partial charge in [-0.25, -0.2) is 0 Å². The summed E-state index contributed by atoms with van der Waals surface area (Å²) >= 11 is 0. The second kappa shape index (κ2) is 6.96. The van der Waals surface area contributed by atoms with Crippen LogP contribution in [0.15, 0.2) is 48.5 Å². The predicted molar refractivity (Wildman–Crippen MR) is 81.2 cm³/mol. The van der Waals surface area contributed by atoms with Crippen molar-refractivity contribution in [3.05, 3.63) is 59.7 Å². The lowest BCUT2D eigenvalue weighted by Gasteiger charge is -2.18. The van der Waals surface area contributed by atoms with Gasteiger partial charge in [-0.15, -0.1) is 0 Å². The van der Waals surface area contributed by atoms with Crippen LogP contribution in [0.2, 0.25) is 0 Å². The molecule has 0 spiro atoms. The highest BCUT2D eigenvalue weighted by atomic mass is 16.5. The van der Waals surface area contributed by atoms with Gasteiger partial charge in [-0.1, -0.05) is 30.3 Å². The number of nitrogens with zero attached hydrogens (tertiary/aromatic N) is 1. The predicted octanol–water partition coefficient (Wildman–Crippen LogP) is 3.34. The molecular formula is C17H21NO2. The molecule has 3 nitrogen and oxygen atoms in total. The number of methoxy groups -OCH3 is 2. The Bertz CT molecular complexity index is 554. The fourth-order valence-electron chi connectivity index (χ4n) is 2.26. The molecule has 0 aliphatic heterocycles. The van der Waals surface area contributed by atoms with Crippen molar-refractivity contribution in [2.24, 2.45) is 0 Å². The minimum atomic E-state index is 0.848. The van der Waals surface area contributed by atoms with E-state index in [-0.39, 0.29) is 0 Å². The van der Waals surface area contributed by atoms with Crippen LogP contribution in [0.3, 0.4) is 0 Å². The number of ether oxygens (including phenoxy) is 2. The summed E-state index contributed by atoms with van der Waals surface area (Å²) in [4.78, 5) is 2.26. The van der Waals surface area contributed by atoms with Crippen LogP contribution in [-0.2, 0) is 13.1 Å². The van der Waals surface area contributed by atoms with Gasteiger partial charge in [0.05, 0.1) is 14.2 Å². The molecule has 0 atom stereocenters. The number of hydrogen-bond donors (Lipinski definition) is 0. The van der Waals surface area contributed by atoms with Crippen molar-refractivity contribution in [1.82, 2.24) is 4.90 Å². The van der Waals surface area contributed by atoms with Crippen molar-refractivity contribution >= 4 is 0 Å². The van der Waals surface area contributed by atoms with Gasteiger partial charge in [0.15, 0.2) is 0 Å². The van der Waals surface area contributed by atoms with Crippen molar-refractivity contribution in [3.63, 3.8) is 0 Å². The third-order valence-electron chi connectivity index (χ3n) is 3.22. The molecule has 2 aromatic rings. The quantitative estimate of drug-likeness (QED) is 0.804. The average molecular weight is 271 g/mol. The Hall–Kier alpha value is -2.00. The van der Waals surface area contributed by atoms with Crippen LogP contribution in [0.1, 0.15) is 11.1 Å². The molecule has 0 heterocycles. The first kappa shape index (κ1) is 14.4. The number of para-hydroxylation sites is 1. The molecule has 20 heavy (non-hydrogen) atoms. The molecule has 3 heteroatoms. The van der Waals surface area contributed by atoms with Gasteiger partial charge >= 0.3 is 0 Å². The average Bonchev–Trinajstić information content (AvgIpc) is 2.48. The number of benzene rings is 2. The van der Waals surface area contributed by atoms with Crippen molar-refractivity contribution in [2.45, 2.75) is 13.1 Å². The molecule has 0 saturated heterocycles. The van der Waals surface area contributed by atoms with Gasteiger partial charge in [0.1, 0.15) is 11.5 Å². The Kier molecular flexibility index (Phi) is 5.02. The monoisotopic (exact) mass is 271 g/mol. The molecule has 2 aromatic carbocycles. The van der Waals surface area contributed by atoms with Gasteiger partial charge < -0.3 is 9.47 Å². The standard InChI is InChI=1S/C17H21NO2/c1-18(12-14-7-6-9-16(11-14)19-2)13-15-8-4-5-10-17(15)20-3/h4-11H,12-13H2,1-3H3. The molecule has 0 aromatic heterocycles. The van der Waals surface area contributed by atoms with Crippen LogP contribution < -0.4 is 9.47 Å². The molecule has 0 amide bonds. The number of hydrogen-bond acceptors (Lipinski definition) is 3. The summed E-state index contributed by atoms with van der Waals surface area (Å²) in [6.45, 7) is 1.72. The maximum atomic E-state index is 5.39. The summed E-state index contributed by atoms with van der Waals surface area (Å²) in [5, 5.41) is 0. The van der Waals surface area contributed by atoms with Gasteiger partial charge in [0.2, 0.25) is 0 Å². The molecule has 0 aliphatic carbocycles. The zero-order chi connectivity index (χ0) is 14.4. The Morgan fingerprint density at radius 2 is 1.70 bits per heavy atom. The summed E-state index contributed by atoms with van der Waals surface area (Å²) in [7, 11) is 5.50. The summed E-state index contributed by atoms with van der Waals surface area (Å²) in [5.41, 5.74) is 2.43. The second-order valence-corrected chi connectivity index (χ2v) is 4.84. The molecule has 2 rings (SSSR count). The fourth-order valence-corrected chi connectivity index (χ4v) is 2.26. The van der Waals surface area contributed by atoms with Crippen LogP contribution in [0.4, 0.5) is 0 Å². The summed E-state index contributed by atoms with van der Waals surface area (Å²) in [6, 6.07) is 16.3. The molecule has 106 valence electrons. The molecule has 0 fully saturated rings. The van der Waals surface area contributed by atoms with Crippen LogP contribution in [-0.4, -0.2) is 26.2 Å². The molecule has 0 bridgehead atoms. The van der Waals surface area contributed by atoms with Crippen molar-refractivity contribution in [2.75, 3.05) is 21.3 Å². The van der Waals surface area contributed by atoms with Gasteiger partial charge in [0.25, 0.3) is 0 Å². The fraction of sp³-hybridized carbons (Fsp3) is 0.294. The molecule has 0 aliphatic rings. The van der Waals surface area contributed by atoms with Crippen LogP contribution in [0, 0.1) is 0 Å². The van der Waals surface area contributed by atoms with Crippen molar-refractivity contribution in [1.29, 1.82) is 0 Å². The van der Waals surface area contributed by atoms with E-state index in [0.29, 0.717) is 0 Å². The first-order valence-corrected chi connectivity index (χ1v) is 6.66. The summed E-state index contributed by atoms with van der Waals surface area (Å²) in [5.74, 6) is 1.83. The lowest BCUT2D eigenvalue weighted by Crippen LogP contribution is -2.17. The van der Waals surface area contributed by atoms with E-state index in [2.05, 4.69) is 30.1 Å². The minimum Gasteiger partial charge on any atom is -0.497 e. The second-order valence-electron chi connectivity index (χ2n) is 4.84. The van der Waals surface area contributed by atoms with Crippen LogP contribution in [0.25, 0.3) is 0 Å². The zero-order valence-corrected chi connectivity index (χ0v) is 12.3. The van der Waals surface area contributed by atoms with Crippen LogP contribution >= 0.6 is 0 Å². The van der Waals surface area contributed by atoms with Gasteiger partial charge in [0, 0.05) is 18.7 Å². The highest BCUT2D eigenvalue weighted by Gasteiger charge is 2.06. The third-order valence-corrected chi connectivity index (χ3v) is 3.22. The Balaban J connectivity index is 2.03. The summed E-state index contributed by atoms with van der Waals surface area (Å²) < 4.78 is 10.6. The van der Waals surface area contributed by atoms with E-state index < -0.39 is 0 Å². The van der Waals surface area contributed by atoms with Gasteiger partial charge in [-0.2, -0.15) is 0 Å². The van der Waals surface area contributed by atoms with Crippen molar-refractivity contribution < 1.29 is 9.47 Å². The van der Waals surface area contributed by atoms with E-state index in [0.717, 1.165) is 24.6 Å². The topological polar surface area (TPSA) is 21.7 Å². The molecule has 0 unspecified atom stereocenters. The first-order valence-electron chi connectivity index (χ1n) is 6.66. The zero-order valence-electron chi connectivity index (χ0n) is 12.3. The largest absolute Gasteiger partial charge is 0.497 e. The molecular weight excluding hydrogens is 250 g/mol.